The number of pyridine rings is 1. The average Bonchev–Trinajstić information content (AvgIpc) is 2.90. The number of fused-ring (bicyclic) bond motifs is 4. The summed E-state index contributed by atoms with van der Waals surface area (Å²) in [5.41, 5.74) is 2.02. The second kappa shape index (κ2) is 10.7. The Morgan fingerprint density at radius 2 is 2.03 bits per heavy atom. The Morgan fingerprint density at radius 1 is 1.21 bits per heavy atom. The van der Waals surface area contributed by atoms with Crippen molar-refractivity contribution < 1.29 is 17.9 Å². The lowest BCUT2D eigenvalue weighted by atomic mass is 9.72. The number of alkyl halides is 3. The normalized spacial score (nSPS) is 23.7. The summed E-state index contributed by atoms with van der Waals surface area (Å²) in [6.45, 7) is 5.98. The zero-order chi connectivity index (χ0) is 27.0. The molecule has 0 radical (unpaired) electrons. The lowest BCUT2D eigenvalue weighted by Gasteiger charge is -2.52. The van der Waals surface area contributed by atoms with Crippen LogP contribution in [-0.2, 0) is 6.18 Å². The lowest BCUT2D eigenvalue weighted by Crippen LogP contribution is -2.58. The van der Waals surface area contributed by atoms with E-state index in [4.69, 9.17) is 17.0 Å². The van der Waals surface area contributed by atoms with Crippen LogP contribution in [0.4, 0.5) is 18.9 Å². The molecule has 9 heteroatoms. The van der Waals surface area contributed by atoms with Gasteiger partial charge in [0.25, 0.3) is 0 Å². The molecule has 2 bridgehead atoms. The number of halogens is 3. The molecule has 0 amide bonds. The Kier molecular flexibility index (Phi) is 7.51. The van der Waals surface area contributed by atoms with Gasteiger partial charge in [0, 0.05) is 29.9 Å². The van der Waals surface area contributed by atoms with E-state index in [-0.39, 0.29) is 17.2 Å². The molecule has 0 spiro atoms. The number of benzene rings is 2. The van der Waals surface area contributed by atoms with Gasteiger partial charge in [-0.3, -0.25) is 9.88 Å². The van der Waals surface area contributed by atoms with Crippen LogP contribution in [0.2, 0.25) is 0 Å². The molecule has 38 heavy (non-hydrogen) atoms. The number of hydrogen-bond acceptors (Lipinski definition) is 4. The van der Waals surface area contributed by atoms with E-state index >= 15 is 0 Å². The number of nitrogens with one attached hydrogen (secondary N) is 2. The summed E-state index contributed by atoms with van der Waals surface area (Å²) in [5, 5.41) is 7.79. The molecule has 1 aromatic heterocycles. The summed E-state index contributed by atoms with van der Waals surface area (Å²) in [4.78, 5) is 7.11. The van der Waals surface area contributed by atoms with Gasteiger partial charge in [0.05, 0.1) is 24.2 Å². The van der Waals surface area contributed by atoms with Gasteiger partial charge in [0.2, 0.25) is 0 Å². The van der Waals surface area contributed by atoms with Gasteiger partial charge in [-0.2, -0.15) is 13.2 Å². The topological polar surface area (TPSA) is 49.4 Å². The summed E-state index contributed by atoms with van der Waals surface area (Å²) in [7, 11) is 1.64. The highest BCUT2D eigenvalue weighted by Crippen LogP contribution is 2.43. The molecule has 4 unspecified atom stereocenters. The van der Waals surface area contributed by atoms with Crippen LogP contribution < -0.4 is 15.4 Å². The molecular weight excluding hydrogens is 509 g/mol. The molecule has 2 aromatic carbocycles. The zero-order valence-electron chi connectivity index (χ0n) is 21.8. The molecule has 3 aromatic rings. The molecule has 2 N–H and O–H groups in total. The van der Waals surface area contributed by atoms with E-state index in [0.29, 0.717) is 23.1 Å². The molecule has 3 aliphatic rings. The number of aromatic nitrogens is 1. The van der Waals surface area contributed by atoms with Crippen LogP contribution in [0.1, 0.15) is 48.9 Å². The van der Waals surface area contributed by atoms with Crippen LogP contribution in [0, 0.1) is 18.8 Å². The number of methoxy groups -OCH3 is 1. The highest BCUT2D eigenvalue weighted by Gasteiger charge is 2.43. The third-order valence-electron chi connectivity index (χ3n) is 8.11. The molecule has 6 rings (SSSR count). The molecule has 3 aliphatic heterocycles. The van der Waals surface area contributed by atoms with Crippen molar-refractivity contribution in [3.63, 3.8) is 0 Å². The van der Waals surface area contributed by atoms with Crippen molar-refractivity contribution in [3.8, 4) is 5.75 Å². The maximum absolute atomic E-state index is 13.4. The van der Waals surface area contributed by atoms with Crippen molar-refractivity contribution in [2.75, 3.05) is 25.5 Å². The fourth-order valence-electron chi connectivity index (χ4n) is 6.24. The van der Waals surface area contributed by atoms with Gasteiger partial charge in [-0.25, -0.2) is 0 Å². The lowest BCUT2D eigenvalue weighted by molar-refractivity contribution is -0.137. The number of piperidine rings is 3. The maximum atomic E-state index is 13.4. The van der Waals surface area contributed by atoms with Gasteiger partial charge in [0.15, 0.2) is 5.11 Å². The van der Waals surface area contributed by atoms with Crippen molar-refractivity contribution in [1.82, 2.24) is 15.2 Å². The van der Waals surface area contributed by atoms with Crippen LogP contribution in [0.3, 0.4) is 0 Å². The zero-order valence-corrected chi connectivity index (χ0v) is 22.6. The Labute approximate surface area is 226 Å². The van der Waals surface area contributed by atoms with E-state index in [9.17, 15) is 13.2 Å². The summed E-state index contributed by atoms with van der Waals surface area (Å²) >= 11 is 5.70. The van der Waals surface area contributed by atoms with Gasteiger partial charge in [-0.15, -0.1) is 0 Å². The van der Waals surface area contributed by atoms with Gasteiger partial charge >= 0.3 is 6.18 Å². The Hall–Kier alpha value is -2.91. The Morgan fingerprint density at radius 3 is 2.71 bits per heavy atom. The number of aryl methyl sites for hydroxylation is 1. The predicted molar refractivity (Wildman–Crippen MR) is 148 cm³/mol. The molecule has 4 heterocycles. The monoisotopic (exact) mass is 542 g/mol. The molecular formula is C29H33F3N4OS. The third kappa shape index (κ3) is 5.45. The quantitative estimate of drug-likeness (QED) is 0.338. The number of ether oxygens (including phenoxy) is 1. The Balaban J connectivity index is 1.49. The van der Waals surface area contributed by atoms with Crippen molar-refractivity contribution >= 4 is 33.9 Å². The summed E-state index contributed by atoms with van der Waals surface area (Å²) in [6.07, 6.45) is 0.764. The number of nitrogens with zero attached hydrogens (tertiary/aromatic N) is 2. The highest BCUT2D eigenvalue weighted by atomic mass is 32.1. The van der Waals surface area contributed by atoms with Crippen LogP contribution >= 0.6 is 12.2 Å². The first-order valence-electron chi connectivity index (χ1n) is 13.1. The van der Waals surface area contributed by atoms with E-state index in [1.54, 1.807) is 26.3 Å². The van der Waals surface area contributed by atoms with E-state index in [0.717, 1.165) is 60.3 Å². The van der Waals surface area contributed by atoms with Gasteiger partial charge in [-0.05, 0) is 104 Å². The van der Waals surface area contributed by atoms with Crippen molar-refractivity contribution in [2.45, 2.75) is 51.4 Å². The van der Waals surface area contributed by atoms with E-state index in [1.165, 1.54) is 6.42 Å². The third-order valence-corrected chi connectivity index (χ3v) is 8.33. The van der Waals surface area contributed by atoms with Crippen LogP contribution in [0.25, 0.3) is 10.9 Å². The maximum Gasteiger partial charge on any atom is 0.416 e. The van der Waals surface area contributed by atoms with Crippen LogP contribution in [0.15, 0.2) is 48.7 Å². The summed E-state index contributed by atoms with van der Waals surface area (Å²) < 4.78 is 45.8. The molecule has 202 valence electrons. The SMILES string of the molecule is CCC1CN2CCC1CC2[C@@H](NC(=S)Nc1cc(C)cc(C(F)(F)F)c1)c1ccnc2ccc(OC)cc12. The molecule has 3 saturated heterocycles. The number of anilines is 1. The smallest absolute Gasteiger partial charge is 0.416 e. The Bertz CT molecular complexity index is 1330. The predicted octanol–water partition coefficient (Wildman–Crippen LogP) is 6.72. The second-order valence-corrected chi connectivity index (χ2v) is 10.9. The molecule has 0 saturated carbocycles. The number of thiocarbonyl (C=S) groups is 1. The van der Waals surface area contributed by atoms with E-state index in [1.807, 2.05) is 24.3 Å². The van der Waals surface area contributed by atoms with Crippen molar-refractivity contribution in [2.24, 2.45) is 11.8 Å². The molecule has 5 atom stereocenters. The molecule has 0 aliphatic carbocycles. The van der Waals surface area contributed by atoms with E-state index in [2.05, 4.69) is 27.4 Å². The molecule has 3 fully saturated rings. The van der Waals surface area contributed by atoms with Gasteiger partial charge < -0.3 is 15.4 Å². The summed E-state index contributed by atoms with van der Waals surface area (Å²) in [6, 6.07) is 11.7. The van der Waals surface area contributed by atoms with Gasteiger partial charge in [0.1, 0.15) is 5.75 Å². The number of hydrogen-bond donors (Lipinski definition) is 2. The first kappa shape index (κ1) is 26.7. The van der Waals surface area contributed by atoms with Gasteiger partial charge in [-0.1, -0.05) is 13.3 Å². The second-order valence-electron chi connectivity index (χ2n) is 10.5. The first-order valence-corrected chi connectivity index (χ1v) is 13.5. The average molecular weight is 543 g/mol. The minimum absolute atomic E-state index is 0.180. The first-order chi connectivity index (χ1) is 18.2. The number of rotatable bonds is 6. The fourth-order valence-corrected chi connectivity index (χ4v) is 6.49. The minimum Gasteiger partial charge on any atom is -0.497 e. The fraction of sp³-hybridized carbons (Fsp3) is 0.448. The van der Waals surface area contributed by atoms with Crippen LogP contribution in [0.5, 0.6) is 5.75 Å². The van der Waals surface area contributed by atoms with Crippen molar-refractivity contribution in [3.05, 3.63) is 65.4 Å². The minimum atomic E-state index is -4.43. The standard InChI is InChI=1S/C29H33F3N4OS/c1-4-18-16-36-10-8-19(18)13-26(36)27(23-7-9-33-25-6-5-22(37-3)15-24(23)25)35-28(38)34-21-12-17(2)11-20(14-21)29(30,31)32/h5-7,9,11-12,14-15,18-19,26-27H,4,8,10,13,16H2,1-3H3,(H2,34,35,38)/t18?,19?,26?,27-/m0/s1. The van der Waals surface area contributed by atoms with Crippen molar-refractivity contribution in [1.29, 1.82) is 0 Å². The van der Waals surface area contributed by atoms with Crippen LogP contribution in [-0.4, -0.2) is 41.2 Å². The van der Waals surface area contributed by atoms with E-state index < -0.39 is 11.7 Å². The molecule has 5 nitrogen and oxygen atoms in total. The highest BCUT2D eigenvalue weighted by molar-refractivity contribution is 7.80. The summed E-state index contributed by atoms with van der Waals surface area (Å²) in [5.74, 6) is 2.07. The largest absolute Gasteiger partial charge is 0.497 e.